The summed E-state index contributed by atoms with van der Waals surface area (Å²) < 4.78 is 0. The van der Waals surface area contributed by atoms with Gasteiger partial charge in [0.25, 0.3) is 5.91 Å². The molecule has 4 nitrogen and oxygen atoms in total. The van der Waals surface area contributed by atoms with Crippen LogP contribution < -0.4 is 10.2 Å². The van der Waals surface area contributed by atoms with Crippen molar-refractivity contribution in [3.05, 3.63) is 51.7 Å². The van der Waals surface area contributed by atoms with E-state index in [4.69, 9.17) is 11.6 Å². The second-order valence-electron chi connectivity index (χ2n) is 4.77. The van der Waals surface area contributed by atoms with Crippen molar-refractivity contribution in [1.82, 2.24) is 5.32 Å². The van der Waals surface area contributed by atoms with Gasteiger partial charge in [0.05, 0.1) is 16.3 Å². The topological polar surface area (TPSA) is 49.4 Å². The molecule has 0 radical (unpaired) electrons. The molecule has 1 aliphatic rings. The van der Waals surface area contributed by atoms with Gasteiger partial charge in [-0.3, -0.25) is 9.59 Å². The quantitative estimate of drug-likeness (QED) is 0.945. The summed E-state index contributed by atoms with van der Waals surface area (Å²) in [5, 5.41) is 6.92. The Kier molecular flexibility index (Phi) is 3.94. The van der Waals surface area contributed by atoms with Crippen LogP contribution >= 0.6 is 22.9 Å². The number of halogens is 1. The molecule has 1 fully saturated rings. The van der Waals surface area contributed by atoms with Crippen molar-refractivity contribution in [1.29, 1.82) is 0 Å². The molecular weight excluding hydrogens is 308 g/mol. The fourth-order valence-electron chi connectivity index (χ4n) is 2.36. The Morgan fingerprint density at radius 3 is 2.86 bits per heavy atom. The van der Waals surface area contributed by atoms with Gasteiger partial charge >= 0.3 is 0 Å². The molecular formula is C15H13ClN2O2S. The third kappa shape index (κ3) is 2.80. The summed E-state index contributed by atoms with van der Waals surface area (Å²) in [7, 11) is 0. The first-order chi connectivity index (χ1) is 10.2. The summed E-state index contributed by atoms with van der Waals surface area (Å²) in [6, 6.07) is 8.47. The zero-order valence-electron chi connectivity index (χ0n) is 11.1. The number of nitrogens with one attached hydrogen (secondary N) is 1. The van der Waals surface area contributed by atoms with Gasteiger partial charge in [-0.25, -0.2) is 0 Å². The first-order valence-electron chi connectivity index (χ1n) is 6.56. The highest BCUT2D eigenvalue weighted by atomic mass is 35.5. The minimum absolute atomic E-state index is 0.119. The van der Waals surface area contributed by atoms with Crippen LogP contribution in [-0.4, -0.2) is 24.4 Å². The van der Waals surface area contributed by atoms with E-state index in [1.165, 1.54) is 11.3 Å². The molecule has 0 spiro atoms. The number of rotatable bonds is 3. The molecule has 0 aliphatic carbocycles. The SMILES string of the molecule is O=C(NC1CCN(c2ccccc2Cl)C1=O)c1ccsc1. The van der Waals surface area contributed by atoms with Gasteiger partial charge < -0.3 is 10.2 Å². The lowest BCUT2D eigenvalue weighted by Gasteiger charge is -2.18. The number of hydrogen-bond acceptors (Lipinski definition) is 3. The van der Waals surface area contributed by atoms with Gasteiger partial charge in [0.2, 0.25) is 5.91 Å². The lowest BCUT2D eigenvalue weighted by molar-refractivity contribution is -0.118. The van der Waals surface area contributed by atoms with E-state index in [1.807, 2.05) is 23.6 Å². The van der Waals surface area contributed by atoms with E-state index >= 15 is 0 Å². The van der Waals surface area contributed by atoms with Crippen molar-refractivity contribution in [3.8, 4) is 0 Å². The fraction of sp³-hybridized carbons (Fsp3) is 0.200. The predicted molar refractivity (Wildman–Crippen MR) is 84.0 cm³/mol. The third-order valence-corrected chi connectivity index (χ3v) is 4.44. The Balaban J connectivity index is 1.72. The maximum atomic E-state index is 12.4. The first kappa shape index (κ1) is 14.1. The van der Waals surface area contributed by atoms with Gasteiger partial charge in [0, 0.05) is 11.9 Å². The van der Waals surface area contributed by atoms with Crippen LogP contribution in [0.4, 0.5) is 5.69 Å². The smallest absolute Gasteiger partial charge is 0.252 e. The van der Waals surface area contributed by atoms with E-state index < -0.39 is 6.04 Å². The van der Waals surface area contributed by atoms with E-state index in [-0.39, 0.29) is 11.8 Å². The molecule has 3 rings (SSSR count). The Morgan fingerprint density at radius 1 is 1.33 bits per heavy atom. The molecule has 2 heterocycles. The van der Waals surface area contributed by atoms with E-state index in [1.54, 1.807) is 22.4 Å². The highest BCUT2D eigenvalue weighted by Crippen LogP contribution is 2.29. The number of nitrogens with zero attached hydrogens (tertiary/aromatic N) is 1. The summed E-state index contributed by atoms with van der Waals surface area (Å²) in [6.45, 7) is 0.553. The largest absolute Gasteiger partial charge is 0.340 e. The lowest BCUT2D eigenvalue weighted by atomic mass is 10.2. The summed E-state index contributed by atoms with van der Waals surface area (Å²) >= 11 is 7.58. The predicted octanol–water partition coefficient (Wildman–Crippen LogP) is 2.94. The Morgan fingerprint density at radius 2 is 2.14 bits per heavy atom. The zero-order chi connectivity index (χ0) is 14.8. The minimum Gasteiger partial charge on any atom is -0.340 e. The van der Waals surface area contributed by atoms with Crippen LogP contribution in [0.15, 0.2) is 41.1 Å². The van der Waals surface area contributed by atoms with Gasteiger partial charge in [-0.1, -0.05) is 23.7 Å². The van der Waals surface area contributed by atoms with Crippen molar-refractivity contribution in [2.45, 2.75) is 12.5 Å². The number of para-hydroxylation sites is 1. The van der Waals surface area contributed by atoms with E-state index in [9.17, 15) is 9.59 Å². The van der Waals surface area contributed by atoms with Gasteiger partial charge in [0.15, 0.2) is 0 Å². The van der Waals surface area contributed by atoms with Crippen LogP contribution in [-0.2, 0) is 4.79 Å². The number of carbonyl (C=O) groups excluding carboxylic acids is 2. The number of anilines is 1. The lowest BCUT2D eigenvalue weighted by Crippen LogP contribution is -2.41. The third-order valence-electron chi connectivity index (χ3n) is 3.44. The maximum Gasteiger partial charge on any atom is 0.252 e. The van der Waals surface area contributed by atoms with Gasteiger partial charge in [-0.05, 0) is 30.0 Å². The summed E-state index contributed by atoms with van der Waals surface area (Å²) in [5.74, 6) is -0.331. The number of amides is 2. The molecule has 1 atom stereocenters. The standard InChI is InChI=1S/C15H13ClN2O2S/c16-11-3-1-2-4-13(11)18-7-5-12(15(18)20)17-14(19)10-6-8-21-9-10/h1-4,6,8-9,12H,5,7H2,(H,17,19). The molecule has 0 saturated carbocycles. The molecule has 1 aromatic heterocycles. The molecule has 0 bridgehead atoms. The van der Waals surface area contributed by atoms with E-state index in [2.05, 4.69) is 5.32 Å². The monoisotopic (exact) mass is 320 g/mol. The van der Waals surface area contributed by atoms with Crippen molar-refractivity contribution in [2.24, 2.45) is 0 Å². The molecule has 2 amide bonds. The summed E-state index contributed by atoms with van der Waals surface area (Å²) in [5.41, 5.74) is 1.28. The minimum atomic E-state index is -0.492. The first-order valence-corrected chi connectivity index (χ1v) is 7.88. The normalized spacial score (nSPS) is 18.0. The maximum absolute atomic E-state index is 12.4. The van der Waals surface area contributed by atoms with Crippen LogP contribution in [0.1, 0.15) is 16.8 Å². The Hall–Kier alpha value is -1.85. The average Bonchev–Trinajstić information content (AvgIpc) is 3.11. The van der Waals surface area contributed by atoms with Crippen molar-refractivity contribution in [2.75, 3.05) is 11.4 Å². The van der Waals surface area contributed by atoms with Crippen LogP contribution in [0.3, 0.4) is 0 Å². The average molecular weight is 321 g/mol. The van der Waals surface area contributed by atoms with Gasteiger partial charge in [0.1, 0.15) is 6.04 Å². The second kappa shape index (κ2) is 5.87. The summed E-state index contributed by atoms with van der Waals surface area (Å²) in [4.78, 5) is 26.1. The molecule has 21 heavy (non-hydrogen) atoms. The van der Waals surface area contributed by atoms with Crippen molar-refractivity contribution < 1.29 is 9.59 Å². The van der Waals surface area contributed by atoms with E-state index in [0.29, 0.717) is 29.2 Å². The molecule has 1 aliphatic heterocycles. The van der Waals surface area contributed by atoms with Crippen LogP contribution in [0.2, 0.25) is 5.02 Å². The number of hydrogen-bond donors (Lipinski definition) is 1. The second-order valence-corrected chi connectivity index (χ2v) is 5.96. The molecule has 1 unspecified atom stereocenters. The zero-order valence-corrected chi connectivity index (χ0v) is 12.7. The van der Waals surface area contributed by atoms with Gasteiger partial charge in [-0.15, -0.1) is 0 Å². The van der Waals surface area contributed by atoms with E-state index in [0.717, 1.165) is 0 Å². The number of benzene rings is 1. The molecule has 1 aromatic carbocycles. The number of thiophene rings is 1. The highest BCUT2D eigenvalue weighted by molar-refractivity contribution is 7.08. The van der Waals surface area contributed by atoms with Crippen molar-refractivity contribution in [3.63, 3.8) is 0 Å². The highest BCUT2D eigenvalue weighted by Gasteiger charge is 2.34. The summed E-state index contributed by atoms with van der Waals surface area (Å²) in [6.07, 6.45) is 0.583. The molecule has 6 heteroatoms. The Labute approximate surface area is 131 Å². The fourth-order valence-corrected chi connectivity index (χ4v) is 3.23. The van der Waals surface area contributed by atoms with Crippen LogP contribution in [0, 0.1) is 0 Å². The number of carbonyl (C=O) groups is 2. The Bertz CT molecular complexity index is 672. The van der Waals surface area contributed by atoms with Crippen LogP contribution in [0.5, 0.6) is 0 Å². The van der Waals surface area contributed by atoms with Gasteiger partial charge in [-0.2, -0.15) is 11.3 Å². The van der Waals surface area contributed by atoms with Crippen LogP contribution in [0.25, 0.3) is 0 Å². The molecule has 1 saturated heterocycles. The molecule has 108 valence electrons. The van der Waals surface area contributed by atoms with Crippen molar-refractivity contribution >= 4 is 40.4 Å². The molecule has 2 aromatic rings. The molecule has 1 N–H and O–H groups in total.